The number of nitrogens with zero attached hydrogens (tertiary/aromatic N) is 3. The van der Waals surface area contributed by atoms with Gasteiger partial charge in [0, 0.05) is 11.7 Å². The van der Waals surface area contributed by atoms with Crippen LogP contribution in [-0.4, -0.2) is 14.9 Å². The van der Waals surface area contributed by atoms with Crippen LogP contribution in [0.25, 0.3) is 0 Å². The van der Waals surface area contributed by atoms with E-state index in [0.29, 0.717) is 0 Å². The van der Waals surface area contributed by atoms with Crippen molar-refractivity contribution >= 4 is 11.8 Å². The summed E-state index contributed by atoms with van der Waals surface area (Å²) in [5.41, 5.74) is 2.59. The molecule has 0 fully saturated rings. The van der Waals surface area contributed by atoms with E-state index < -0.39 is 0 Å². The van der Waals surface area contributed by atoms with Crippen molar-refractivity contribution in [1.29, 1.82) is 0 Å². The van der Waals surface area contributed by atoms with Gasteiger partial charge in [0.1, 0.15) is 0 Å². The van der Waals surface area contributed by atoms with Gasteiger partial charge >= 0.3 is 0 Å². The second-order valence-corrected chi connectivity index (χ2v) is 5.52. The third-order valence-corrected chi connectivity index (χ3v) is 3.82. The summed E-state index contributed by atoms with van der Waals surface area (Å²) in [7, 11) is 0. The van der Waals surface area contributed by atoms with Crippen LogP contribution in [0.2, 0.25) is 0 Å². The smallest absolute Gasteiger partial charge is 0.210 e. The zero-order chi connectivity index (χ0) is 13.1. The van der Waals surface area contributed by atoms with Gasteiger partial charge in [0.05, 0.1) is 0 Å². The summed E-state index contributed by atoms with van der Waals surface area (Å²) in [5.74, 6) is 7.95. The van der Waals surface area contributed by atoms with Crippen LogP contribution < -0.4 is 5.84 Å². The van der Waals surface area contributed by atoms with Crippen LogP contribution in [0.4, 0.5) is 0 Å². The zero-order valence-corrected chi connectivity index (χ0v) is 11.7. The fourth-order valence-electron chi connectivity index (χ4n) is 1.69. The fourth-order valence-corrected chi connectivity index (χ4v) is 2.63. The Morgan fingerprint density at radius 1 is 1.28 bits per heavy atom. The summed E-state index contributed by atoms with van der Waals surface area (Å²) in [4.78, 5) is 0. The lowest BCUT2D eigenvalue weighted by molar-refractivity contribution is 0.712. The molecule has 2 N–H and O–H groups in total. The third-order valence-electron chi connectivity index (χ3n) is 2.83. The molecule has 0 bridgehead atoms. The van der Waals surface area contributed by atoms with E-state index >= 15 is 0 Å². The van der Waals surface area contributed by atoms with Crippen molar-refractivity contribution in [2.45, 2.75) is 37.6 Å². The first-order valence-electron chi connectivity index (χ1n) is 5.97. The molecule has 0 saturated heterocycles. The number of aromatic nitrogens is 3. The Morgan fingerprint density at radius 3 is 2.61 bits per heavy atom. The maximum atomic E-state index is 5.98. The highest BCUT2D eigenvalue weighted by Crippen LogP contribution is 2.23. The predicted molar refractivity (Wildman–Crippen MR) is 75.0 cm³/mol. The average molecular weight is 262 g/mol. The second-order valence-electron chi connectivity index (χ2n) is 4.58. The topological polar surface area (TPSA) is 56.7 Å². The van der Waals surface area contributed by atoms with Crippen LogP contribution in [0, 0.1) is 6.92 Å². The lowest BCUT2D eigenvalue weighted by Gasteiger charge is -2.06. The first-order valence-corrected chi connectivity index (χ1v) is 6.96. The molecule has 0 aliphatic carbocycles. The molecule has 0 aliphatic heterocycles. The largest absolute Gasteiger partial charge is 0.336 e. The van der Waals surface area contributed by atoms with E-state index in [1.165, 1.54) is 11.1 Å². The standard InChI is InChI=1S/C13H18N4S/c1-9(2)12-15-16-13(17(12)14)18-8-11-7-5-4-6-10(11)3/h4-7,9H,8,14H2,1-3H3. The summed E-state index contributed by atoms with van der Waals surface area (Å²) in [6.45, 7) is 6.23. The minimum atomic E-state index is 0.287. The summed E-state index contributed by atoms with van der Waals surface area (Å²) >= 11 is 1.62. The van der Waals surface area contributed by atoms with Gasteiger partial charge in [0.2, 0.25) is 5.16 Å². The first kappa shape index (κ1) is 13.0. The molecule has 0 saturated carbocycles. The Hall–Kier alpha value is -1.49. The Labute approximate surface area is 112 Å². The van der Waals surface area contributed by atoms with Gasteiger partial charge in [-0.3, -0.25) is 0 Å². The van der Waals surface area contributed by atoms with Gasteiger partial charge in [-0.25, -0.2) is 4.68 Å². The van der Waals surface area contributed by atoms with Crippen LogP contribution in [0.1, 0.15) is 36.7 Å². The molecule has 4 nitrogen and oxygen atoms in total. The summed E-state index contributed by atoms with van der Waals surface area (Å²) in [5, 5.41) is 9.02. The maximum Gasteiger partial charge on any atom is 0.210 e. The molecule has 5 heteroatoms. The van der Waals surface area contributed by atoms with Crippen LogP contribution in [0.15, 0.2) is 29.4 Å². The molecule has 18 heavy (non-hydrogen) atoms. The molecule has 0 radical (unpaired) electrons. The molecule has 2 aromatic rings. The first-order chi connectivity index (χ1) is 8.59. The van der Waals surface area contributed by atoms with Gasteiger partial charge in [-0.2, -0.15) is 0 Å². The van der Waals surface area contributed by atoms with Crippen LogP contribution >= 0.6 is 11.8 Å². The molecule has 0 spiro atoms. The molecule has 96 valence electrons. The van der Waals surface area contributed by atoms with E-state index in [2.05, 4.69) is 49.2 Å². The second kappa shape index (κ2) is 5.44. The van der Waals surface area contributed by atoms with Gasteiger partial charge in [-0.1, -0.05) is 49.9 Å². The van der Waals surface area contributed by atoms with E-state index in [-0.39, 0.29) is 5.92 Å². The van der Waals surface area contributed by atoms with E-state index in [9.17, 15) is 0 Å². The van der Waals surface area contributed by atoms with Crippen molar-refractivity contribution < 1.29 is 0 Å². The Kier molecular flexibility index (Phi) is 3.91. The minimum absolute atomic E-state index is 0.287. The highest BCUT2D eigenvalue weighted by Gasteiger charge is 2.13. The number of hydrogen-bond acceptors (Lipinski definition) is 4. The van der Waals surface area contributed by atoms with Crippen molar-refractivity contribution in [1.82, 2.24) is 14.9 Å². The number of hydrogen-bond donors (Lipinski definition) is 1. The highest BCUT2D eigenvalue weighted by atomic mass is 32.2. The summed E-state index contributed by atoms with van der Waals surface area (Å²) < 4.78 is 1.59. The lowest BCUT2D eigenvalue weighted by atomic mass is 10.1. The molecule has 0 amide bonds. The fraction of sp³-hybridized carbons (Fsp3) is 0.385. The minimum Gasteiger partial charge on any atom is -0.336 e. The molecular formula is C13H18N4S. The van der Waals surface area contributed by atoms with Crippen molar-refractivity contribution in [3.05, 3.63) is 41.2 Å². The SMILES string of the molecule is Cc1ccccc1CSc1nnc(C(C)C)n1N. The molecular weight excluding hydrogens is 244 g/mol. The van der Waals surface area contributed by atoms with Crippen molar-refractivity contribution in [3.8, 4) is 0 Å². The van der Waals surface area contributed by atoms with Gasteiger partial charge in [0.25, 0.3) is 0 Å². The van der Waals surface area contributed by atoms with Crippen LogP contribution in [0.3, 0.4) is 0 Å². The number of nitrogens with two attached hydrogens (primary N) is 1. The molecule has 1 aromatic heterocycles. The van der Waals surface area contributed by atoms with Crippen LogP contribution in [-0.2, 0) is 5.75 Å². The quantitative estimate of drug-likeness (QED) is 0.680. The van der Waals surface area contributed by atoms with E-state index in [4.69, 9.17) is 5.84 Å². The van der Waals surface area contributed by atoms with Gasteiger partial charge in [-0.15, -0.1) is 10.2 Å². The van der Waals surface area contributed by atoms with E-state index in [0.717, 1.165) is 16.7 Å². The molecule has 0 atom stereocenters. The van der Waals surface area contributed by atoms with Gasteiger partial charge < -0.3 is 5.84 Å². The molecule has 1 heterocycles. The van der Waals surface area contributed by atoms with E-state index in [1.54, 1.807) is 16.4 Å². The number of rotatable bonds is 4. The average Bonchev–Trinajstić information content (AvgIpc) is 2.70. The van der Waals surface area contributed by atoms with Gasteiger partial charge in [0.15, 0.2) is 5.82 Å². The Bertz CT molecular complexity index is 534. The van der Waals surface area contributed by atoms with Crippen molar-refractivity contribution in [2.75, 3.05) is 5.84 Å². The molecule has 2 rings (SSSR count). The Balaban J connectivity index is 2.09. The summed E-state index contributed by atoms with van der Waals surface area (Å²) in [6, 6.07) is 8.34. The normalized spacial score (nSPS) is 11.1. The molecule has 1 aromatic carbocycles. The molecule has 0 unspecified atom stereocenters. The Morgan fingerprint density at radius 2 is 2.00 bits per heavy atom. The monoisotopic (exact) mass is 262 g/mol. The molecule has 0 aliphatic rings. The maximum absolute atomic E-state index is 5.98. The van der Waals surface area contributed by atoms with Crippen LogP contribution in [0.5, 0.6) is 0 Å². The predicted octanol–water partition coefficient (Wildman–Crippen LogP) is 2.72. The number of thioether (sulfide) groups is 1. The number of nitrogen functional groups attached to an aromatic ring is 1. The van der Waals surface area contributed by atoms with Crippen molar-refractivity contribution in [2.24, 2.45) is 0 Å². The number of benzene rings is 1. The van der Waals surface area contributed by atoms with Crippen molar-refractivity contribution in [3.63, 3.8) is 0 Å². The number of aryl methyl sites for hydroxylation is 1. The van der Waals surface area contributed by atoms with Gasteiger partial charge in [-0.05, 0) is 18.1 Å². The summed E-state index contributed by atoms with van der Waals surface area (Å²) in [6.07, 6.45) is 0. The van der Waals surface area contributed by atoms with E-state index in [1.807, 2.05) is 6.07 Å². The highest BCUT2D eigenvalue weighted by molar-refractivity contribution is 7.98. The third kappa shape index (κ3) is 2.67. The zero-order valence-electron chi connectivity index (χ0n) is 10.9. The lowest BCUT2D eigenvalue weighted by Crippen LogP contribution is -2.14.